The molecule has 31 heavy (non-hydrogen) atoms. The molecule has 1 fully saturated rings. The Labute approximate surface area is 186 Å². The number of rotatable bonds is 3. The monoisotopic (exact) mass is 459 g/mol. The van der Waals surface area contributed by atoms with Gasteiger partial charge in [0.15, 0.2) is 0 Å². The first-order valence-electron chi connectivity index (χ1n) is 10.2. The molecule has 0 bridgehead atoms. The van der Waals surface area contributed by atoms with Crippen molar-refractivity contribution in [3.63, 3.8) is 0 Å². The second-order valence-electron chi connectivity index (χ2n) is 7.82. The first-order chi connectivity index (χ1) is 14.8. The summed E-state index contributed by atoms with van der Waals surface area (Å²) in [6.07, 6.45) is 0.561. The van der Waals surface area contributed by atoms with E-state index >= 15 is 0 Å². The quantitative estimate of drug-likeness (QED) is 0.763. The second kappa shape index (κ2) is 8.64. The van der Waals surface area contributed by atoms with Crippen LogP contribution in [0.5, 0.6) is 0 Å². The highest BCUT2D eigenvalue weighted by Gasteiger charge is 2.29. The molecule has 2 amide bonds. The highest BCUT2D eigenvalue weighted by molar-refractivity contribution is 8.01. The number of nitrogens with zero attached hydrogens (tertiary/aromatic N) is 2. The first kappa shape index (κ1) is 21.9. The van der Waals surface area contributed by atoms with Crippen molar-refractivity contribution in [2.45, 2.75) is 35.3 Å². The maximum absolute atomic E-state index is 13.1. The second-order valence-corrected chi connectivity index (χ2v) is 11.1. The van der Waals surface area contributed by atoms with Gasteiger partial charge in [0, 0.05) is 36.6 Å². The van der Waals surface area contributed by atoms with Crippen LogP contribution in [-0.4, -0.2) is 60.9 Å². The third kappa shape index (κ3) is 4.49. The number of carbonyl (C=O) groups excluding carboxylic acids is 2. The van der Waals surface area contributed by atoms with Crippen molar-refractivity contribution in [3.8, 4) is 0 Å². The predicted octanol–water partition coefficient (Wildman–Crippen LogP) is 2.96. The minimum atomic E-state index is -3.59. The molecule has 4 rings (SSSR count). The number of thioether (sulfide) groups is 1. The van der Waals surface area contributed by atoms with Crippen LogP contribution in [0, 0.1) is 6.92 Å². The number of hydrogen-bond donors (Lipinski definition) is 1. The lowest BCUT2D eigenvalue weighted by atomic mass is 10.1. The minimum Gasteiger partial charge on any atom is -0.337 e. The van der Waals surface area contributed by atoms with E-state index in [0.717, 1.165) is 10.5 Å². The molecule has 7 nitrogen and oxygen atoms in total. The molecule has 0 aromatic heterocycles. The van der Waals surface area contributed by atoms with Gasteiger partial charge in [0.1, 0.15) is 0 Å². The molecule has 2 aliphatic rings. The normalized spacial score (nSPS) is 20.0. The van der Waals surface area contributed by atoms with Crippen LogP contribution in [0.4, 0.5) is 5.69 Å². The van der Waals surface area contributed by atoms with Crippen LogP contribution in [-0.2, 0) is 14.8 Å². The molecule has 1 saturated heterocycles. The molecule has 2 aromatic rings. The van der Waals surface area contributed by atoms with Crippen molar-refractivity contribution < 1.29 is 18.0 Å². The van der Waals surface area contributed by atoms with Gasteiger partial charge in [-0.3, -0.25) is 9.59 Å². The van der Waals surface area contributed by atoms with Crippen LogP contribution in [0.3, 0.4) is 0 Å². The van der Waals surface area contributed by atoms with Crippen LogP contribution in [0.25, 0.3) is 0 Å². The maximum Gasteiger partial charge on any atom is 0.253 e. The summed E-state index contributed by atoms with van der Waals surface area (Å²) in [6, 6.07) is 12.2. The van der Waals surface area contributed by atoms with E-state index in [9.17, 15) is 18.0 Å². The van der Waals surface area contributed by atoms with E-state index in [1.165, 1.54) is 16.1 Å². The zero-order valence-electron chi connectivity index (χ0n) is 17.5. The minimum absolute atomic E-state index is 0.0752. The summed E-state index contributed by atoms with van der Waals surface area (Å²) >= 11 is 1.47. The lowest BCUT2D eigenvalue weighted by Gasteiger charge is -2.24. The zero-order chi connectivity index (χ0) is 22.2. The first-order valence-corrected chi connectivity index (χ1v) is 12.6. The van der Waals surface area contributed by atoms with E-state index in [2.05, 4.69) is 5.32 Å². The fourth-order valence-corrected chi connectivity index (χ4v) is 6.12. The fourth-order valence-electron chi connectivity index (χ4n) is 3.72. The summed E-state index contributed by atoms with van der Waals surface area (Å²) in [4.78, 5) is 27.9. The third-order valence-electron chi connectivity index (χ3n) is 5.56. The summed E-state index contributed by atoms with van der Waals surface area (Å²) in [5, 5.41) is 2.69. The number of amides is 2. The van der Waals surface area contributed by atoms with Crippen molar-refractivity contribution in [2.75, 3.05) is 31.5 Å². The molecule has 164 valence electrons. The summed E-state index contributed by atoms with van der Waals surface area (Å²) in [7, 11) is -3.59. The van der Waals surface area contributed by atoms with Crippen molar-refractivity contribution in [1.29, 1.82) is 0 Å². The number of sulfonamides is 1. The van der Waals surface area contributed by atoms with E-state index in [1.54, 1.807) is 41.3 Å². The number of anilines is 1. The molecule has 9 heteroatoms. The molecule has 0 spiro atoms. The lowest BCUT2D eigenvalue weighted by molar-refractivity contribution is -0.115. The van der Waals surface area contributed by atoms with Crippen LogP contribution in [0.1, 0.15) is 29.3 Å². The van der Waals surface area contributed by atoms with Crippen molar-refractivity contribution in [1.82, 2.24) is 9.21 Å². The van der Waals surface area contributed by atoms with Crippen LogP contribution in [0.15, 0.2) is 52.3 Å². The number of fused-ring (bicyclic) bond motifs is 1. The van der Waals surface area contributed by atoms with Crippen LogP contribution < -0.4 is 5.32 Å². The van der Waals surface area contributed by atoms with E-state index in [-0.39, 0.29) is 28.5 Å². The molecular weight excluding hydrogens is 434 g/mol. The average molecular weight is 460 g/mol. The Morgan fingerprint density at radius 3 is 2.55 bits per heavy atom. The smallest absolute Gasteiger partial charge is 0.253 e. The zero-order valence-corrected chi connectivity index (χ0v) is 19.1. The van der Waals surface area contributed by atoms with Gasteiger partial charge in [-0.25, -0.2) is 8.42 Å². The molecule has 0 radical (unpaired) electrons. The van der Waals surface area contributed by atoms with E-state index in [4.69, 9.17) is 0 Å². The van der Waals surface area contributed by atoms with Gasteiger partial charge in [-0.15, -0.1) is 11.8 Å². The largest absolute Gasteiger partial charge is 0.337 e. The van der Waals surface area contributed by atoms with Gasteiger partial charge in [-0.2, -0.15) is 4.31 Å². The number of hydrogen-bond acceptors (Lipinski definition) is 5. The van der Waals surface area contributed by atoms with E-state index in [0.29, 0.717) is 37.3 Å². The Morgan fingerprint density at radius 2 is 1.81 bits per heavy atom. The fraction of sp³-hybridized carbons (Fsp3) is 0.364. The van der Waals surface area contributed by atoms with Crippen molar-refractivity contribution >= 4 is 39.3 Å². The van der Waals surface area contributed by atoms with E-state index < -0.39 is 10.0 Å². The maximum atomic E-state index is 13.1. The highest BCUT2D eigenvalue weighted by Crippen LogP contribution is 2.36. The van der Waals surface area contributed by atoms with Gasteiger partial charge in [-0.05, 0) is 50.6 Å². The summed E-state index contributed by atoms with van der Waals surface area (Å²) in [5.41, 5.74) is 2.14. The third-order valence-corrected chi connectivity index (χ3v) is 8.65. The molecule has 2 aliphatic heterocycles. The lowest BCUT2D eigenvalue weighted by Crippen LogP contribution is -2.37. The SMILES string of the molecule is Cc1ccc(S(=O)(=O)N2CCCN(C(=O)c3ccc4c(c3)NC(=O)C(C)S4)CC2)cc1. The summed E-state index contributed by atoms with van der Waals surface area (Å²) in [5.74, 6) is -0.232. The standard InChI is InChI=1S/C22H25N3O4S2/c1-15-4-7-18(8-5-15)31(28,29)25-11-3-10-24(12-13-25)22(27)17-6-9-20-19(14-17)23-21(26)16(2)30-20/h4-9,14,16H,3,10-13H2,1-2H3,(H,23,26). The molecular formula is C22H25N3O4S2. The number of benzene rings is 2. The highest BCUT2D eigenvalue weighted by atomic mass is 32.2. The average Bonchev–Trinajstić information content (AvgIpc) is 3.01. The van der Waals surface area contributed by atoms with Crippen molar-refractivity contribution in [2.24, 2.45) is 0 Å². The van der Waals surface area contributed by atoms with Gasteiger partial charge in [0.25, 0.3) is 5.91 Å². The molecule has 1 atom stereocenters. The van der Waals surface area contributed by atoms with Crippen LogP contribution in [0.2, 0.25) is 0 Å². The van der Waals surface area contributed by atoms with Gasteiger partial charge in [0.05, 0.1) is 15.8 Å². The Bertz CT molecular complexity index is 1120. The molecule has 1 unspecified atom stereocenters. The molecule has 0 saturated carbocycles. The van der Waals surface area contributed by atoms with Crippen molar-refractivity contribution in [3.05, 3.63) is 53.6 Å². The Morgan fingerprint density at radius 1 is 1.06 bits per heavy atom. The number of carbonyl (C=O) groups is 2. The number of nitrogens with one attached hydrogen (secondary N) is 1. The van der Waals surface area contributed by atoms with E-state index in [1.807, 2.05) is 19.9 Å². The van der Waals surface area contributed by atoms with Gasteiger partial charge in [0.2, 0.25) is 15.9 Å². The van der Waals surface area contributed by atoms with Gasteiger partial charge < -0.3 is 10.2 Å². The summed E-state index contributed by atoms with van der Waals surface area (Å²) in [6.45, 7) is 5.17. The Kier molecular flexibility index (Phi) is 6.09. The van der Waals surface area contributed by atoms with Gasteiger partial charge in [-0.1, -0.05) is 17.7 Å². The molecule has 2 aromatic carbocycles. The Hall–Kier alpha value is -2.36. The number of aryl methyl sites for hydroxylation is 1. The Balaban J connectivity index is 1.48. The molecule has 0 aliphatic carbocycles. The molecule has 1 N–H and O–H groups in total. The summed E-state index contributed by atoms with van der Waals surface area (Å²) < 4.78 is 27.4. The van der Waals surface area contributed by atoms with Gasteiger partial charge >= 0.3 is 0 Å². The molecule has 2 heterocycles. The predicted molar refractivity (Wildman–Crippen MR) is 121 cm³/mol. The van der Waals surface area contributed by atoms with Crippen LogP contribution >= 0.6 is 11.8 Å². The topological polar surface area (TPSA) is 86.8 Å².